The van der Waals surface area contributed by atoms with Crippen LogP contribution in [0.5, 0.6) is 0 Å². The molecule has 0 unspecified atom stereocenters. The van der Waals surface area contributed by atoms with Crippen molar-refractivity contribution >= 4 is 33.3 Å². The summed E-state index contributed by atoms with van der Waals surface area (Å²) in [5, 5.41) is 15.6. The first kappa shape index (κ1) is 17.8. The zero-order valence-electron chi connectivity index (χ0n) is 13.1. The van der Waals surface area contributed by atoms with Gasteiger partial charge in [0.1, 0.15) is 6.33 Å². The molecule has 2 aromatic carbocycles. The molecule has 0 radical (unpaired) electrons. The van der Waals surface area contributed by atoms with Crippen molar-refractivity contribution < 1.29 is 13.3 Å². The van der Waals surface area contributed by atoms with Crippen molar-refractivity contribution in [3.63, 3.8) is 0 Å². The molecule has 0 spiro atoms. The minimum Gasteiger partial charge on any atom is -0.258 e. The van der Waals surface area contributed by atoms with Crippen LogP contribution in [0.15, 0.2) is 59.8 Å². The Morgan fingerprint density at radius 3 is 2.58 bits per heavy atom. The normalized spacial score (nSPS) is 11.3. The molecule has 0 fully saturated rings. The summed E-state index contributed by atoms with van der Waals surface area (Å²) in [5.74, 6) is -0.199. The fourth-order valence-corrected chi connectivity index (χ4v) is 3.54. The van der Waals surface area contributed by atoms with Gasteiger partial charge in [0.2, 0.25) is 0 Å². The van der Waals surface area contributed by atoms with Crippen LogP contribution in [0.2, 0.25) is 5.02 Å². The highest BCUT2D eigenvalue weighted by molar-refractivity contribution is 7.92. The smallest absolute Gasteiger partial charge is 0.258 e. The Morgan fingerprint density at radius 1 is 1.15 bits per heavy atom. The lowest BCUT2D eigenvalue weighted by atomic mass is 10.2. The highest BCUT2D eigenvalue weighted by Crippen LogP contribution is 2.24. The van der Waals surface area contributed by atoms with Crippen LogP contribution in [0.1, 0.15) is 5.56 Å². The maximum Gasteiger partial charge on any atom is 0.289 e. The molecule has 0 atom stereocenters. The van der Waals surface area contributed by atoms with Gasteiger partial charge in [-0.1, -0.05) is 41.9 Å². The lowest BCUT2D eigenvalue weighted by molar-refractivity contribution is -0.387. The molecule has 11 heteroatoms. The highest BCUT2D eigenvalue weighted by Gasteiger charge is 2.26. The zero-order chi connectivity index (χ0) is 18.7. The molecule has 1 N–H and O–H groups in total. The number of benzene rings is 2. The molecule has 0 aliphatic rings. The Kier molecular flexibility index (Phi) is 4.87. The van der Waals surface area contributed by atoms with E-state index in [9.17, 15) is 18.5 Å². The number of hydrogen-bond acceptors (Lipinski definition) is 6. The summed E-state index contributed by atoms with van der Waals surface area (Å²) >= 11 is 6.08. The first-order chi connectivity index (χ1) is 12.4. The quantitative estimate of drug-likeness (QED) is 0.507. The summed E-state index contributed by atoms with van der Waals surface area (Å²) in [7, 11) is -4.21. The Morgan fingerprint density at radius 2 is 1.85 bits per heavy atom. The van der Waals surface area contributed by atoms with Crippen molar-refractivity contribution in [1.29, 1.82) is 0 Å². The number of hydrogen-bond donors (Lipinski definition) is 1. The summed E-state index contributed by atoms with van der Waals surface area (Å²) < 4.78 is 28.4. The first-order valence-electron chi connectivity index (χ1n) is 7.26. The van der Waals surface area contributed by atoms with E-state index in [0.29, 0.717) is 11.6 Å². The zero-order valence-corrected chi connectivity index (χ0v) is 14.7. The minimum absolute atomic E-state index is 0.199. The van der Waals surface area contributed by atoms with Gasteiger partial charge in [-0.05, 0) is 17.7 Å². The van der Waals surface area contributed by atoms with Gasteiger partial charge >= 0.3 is 0 Å². The second kappa shape index (κ2) is 7.10. The Balaban J connectivity index is 1.83. The molecule has 0 amide bonds. The van der Waals surface area contributed by atoms with Crippen molar-refractivity contribution in [2.24, 2.45) is 0 Å². The van der Waals surface area contributed by atoms with E-state index < -0.39 is 25.5 Å². The number of nitrogens with zero attached hydrogens (tertiary/aromatic N) is 4. The Labute approximate surface area is 153 Å². The first-order valence-corrected chi connectivity index (χ1v) is 9.12. The van der Waals surface area contributed by atoms with Crippen LogP contribution in [0.25, 0.3) is 0 Å². The Hall–Kier alpha value is -2.98. The summed E-state index contributed by atoms with van der Waals surface area (Å²) in [6.07, 6.45) is 1.33. The second-order valence-electron chi connectivity index (χ2n) is 5.19. The van der Waals surface area contributed by atoms with Gasteiger partial charge < -0.3 is 0 Å². The van der Waals surface area contributed by atoms with Crippen LogP contribution in [-0.2, 0) is 16.6 Å². The third-order valence-corrected chi connectivity index (χ3v) is 5.15. The van der Waals surface area contributed by atoms with Crippen molar-refractivity contribution in [2.45, 2.75) is 11.4 Å². The third kappa shape index (κ3) is 3.81. The van der Waals surface area contributed by atoms with Crippen molar-refractivity contribution in [2.75, 3.05) is 4.72 Å². The fraction of sp³-hybridized carbons (Fsp3) is 0.0667. The standard InChI is InChI=1S/C15H12ClN5O4S/c16-12-6-2-1-5-11(12)9-20-10-17-15(18-20)19-26(24,25)14-8-4-3-7-13(14)21(22)23/h1-8,10H,9H2,(H,18,19). The lowest BCUT2D eigenvalue weighted by Crippen LogP contribution is -2.16. The molecule has 3 rings (SSSR count). The average Bonchev–Trinajstić information content (AvgIpc) is 3.03. The maximum atomic E-state index is 12.4. The molecule has 0 saturated carbocycles. The number of rotatable bonds is 6. The largest absolute Gasteiger partial charge is 0.289 e. The average molecular weight is 394 g/mol. The van der Waals surface area contributed by atoms with E-state index in [1.807, 2.05) is 6.07 Å². The van der Waals surface area contributed by atoms with E-state index >= 15 is 0 Å². The van der Waals surface area contributed by atoms with Gasteiger partial charge in [-0.15, -0.1) is 5.10 Å². The number of nitro groups is 1. The summed E-state index contributed by atoms with van der Waals surface area (Å²) in [5.41, 5.74) is 0.252. The number of anilines is 1. The summed E-state index contributed by atoms with van der Waals surface area (Å²) in [4.78, 5) is 13.7. The van der Waals surface area contributed by atoms with Crippen LogP contribution in [0.4, 0.5) is 11.6 Å². The maximum absolute atomic E-state index is 12.4. The molecule has 1 heterocycles. The molecular formula is C15H12ClN5O4S. The molecule has 0 aliphatic carbocycles. The SMILES string of the molecule is O=[N+]([O-])c1ccccc1S(=O)(=O)Nc1ncn(Cc2ccccc2Cl)n1. The van der Waals surface area contributed by atoms with Gasteiger partial charge in [0.25, 0.3) is 21.7 Å². The van der Waals surface area contributed by atoms with E-state index in [0.717, 1.165) is 17.7 Å². The fourth-order valence-electron chi connectivity index (χ4n) is 2.23. The lowest BCUT2D eigenvalue weighted by Gasteiger charge is -2.05. The molecule has 1 aromatic heterocycles. The van der Waals surface area contributed by atoms with E-state index in [4.69, 9.17) is 11.6 Å². The van der Waals surface area contributed by atoms with Crippen LogP contribution in [0.3, 0.4) is 0 Å². The molecule has 134 valence electrons. The number of para-hydroxylation sites is 1. The van der Waals surface area contributed by atoms with Crippen molar-refractivity contribution in [3.8, 4) is 0 Å². The summed E-state index contributed by atoms with van der Waals surface area (Å²) in [6.45, 7) is 0.292. The second-order valence-corrected chi connectivity index (χ2v) is 7.25. The number of aromatic nitrogens is 3. The number of nitrogens with one attached hydrogen (secondary N) is 1. The van der Waals surface area contributed by atoms with Crippen molar-refractivity contribution in [3.05, 3.63) is 75.6 Å². The van der Waals surface area contributed by atoms with Gasteiger partial charge in [0.05, 0.1) is 11.5 Å². The van der Waals surface area contributed by atoms with Gasteiger partial charge in [-0.2, -0.15) is 4.98 Å². The van der Waals surface area contributed by atoms with E-state index in [-0.39, 0.29) is 5.95 Å². The van der Waals surface area contributed by atoms with Crippen LogP contribution < -0.4 is 4.72 Å². The number of nitro benzene ring substituents is 1. The van der Waals surface area contributed by atoms with Gasteiger partial charge in [0.15, 0.2) is 4.90 Å². The van der Waals surface area contributed by atoms with Crippen LogP contribution in [-0.4, -0.2) is 28.1 Å². The predicted molar refractivity (Wildman–Crippen MR) is 94.5 cm³/mol. The molecule has 0 aliphatic heterocycles. The van der Waals surface area contributed by atoms with Gasteiger partial charge in [-0.3, -0.25) is 10.1 Å². The number of sulfonamides is 1. The van der Waals surface area contributed by atoms with Crippen LogP contribution in [0, 0.1) is 10.1 Å². The van der Waals surface area contributed by atoms with Gasteiger partial charge in [-0.25, -0.2) is 17.8 Å². The molecule has 0 bridgehead atoms. The highest BCUT2D eigenvalue weighted by atomic mass is 35.5. The topological polar surface area (TPSA) is 120 Å². The predicted octanol–water partition coefficient (Wildman–Crippen LogP) is 2.69. The number of halogens is 1. The molecule has 9 nitrogen and oxygen atoms in total. The monoisotopic (exact) mass is 393 g/mol. The Bertz CT molecular complexity index is 1070. The third-order valence-electron chi connectivity index (χ3n) is 3.40. The van der Waals surface area contributed by atoms with Crippen molar-refractivity contribution in [1.82, 2.24) is 14.8 Å². The van der Waals surface area contributed by atoms with E-state index in [2.05, 4.69) is 14.8 Å². The summed E-state index contributed by atoms with van der Waals surface area (Å²) in [6, 6.07) is 12.2. The molecular weight excluding hydrogens is 382 g/mol. The van der Waals surface area contributed by atoms with Gasteiger partial charge in [0, 0.05) is 11.1 Å². The van der Waals surface area contributed by atoms with E-state index in [1.54, 1.807) is 18.2 Å². The molecule has 3 aromatic rings. The van der Waals surface area contributed by atoms with Crippen LogP contribution >= 0.6 is 11.6 Å². The minimum atomic E-state index is -4.21. The van der Waals surface area contributed by atoms with E-state index in [1.165, 1.54) is 23.1 Å². The molecule has 0 saturated heterocycles. The molecule has 26 heavy (non-hydrogen) atoms.